The van der Waals surface area contributed by atoms with Gasteiger partial charge in [0.1, 0.15) is 11.9 Å². The van der Waals surface area contributed by atoms with Gasteiger partial charge < -0.3 is 9.47 Å². The molecule has 0 radical (unpaired) electrons. The summed E-state index contributed by atoms with van der Waals surface area (Å²) in [4.78, 5) is 11.4. The van der Waals surface area contributed by atoms with Gasteiger partial charge in [0.15, 0.2) is 0 Å². The summed E-state index contributed by atoms with van der Waals surface area (Å²) in [6, 6.07) is 8.13. The Morgan fingerprint density at radius 3 is 2.33 bits per heavy atom. The third-order valence-corrected chi connectivity index (χ3v) is 3.73. The van der Waals surface area contributed by atoms with Crippen LogP contribution in [0.2, 0.25) is 0 Å². The van der Waals surface area contributed by atoms with Crippen LogP contribution in [0, 0.1) is 5.92 Å². The standard InChI is InChI=1S/C16H22O3.C2H6/c1-3-5-15-14(16(17)19-15)7-4-6-12-8-10-13(18-2)11-9-12;1-2/h8-11,14-15H,3-7H2,1-2H3;1-2H3. The van der Waals surface area contributed by atoms with Crippen LogP contribution in [0.25, 0.3) is 0 Å². The van der Waals surface area contributed by atoms with Crippen LogP contribution in [0.3, 0.4) is 0 Å². The zero-order valence-electron chi connectivity index (χ0n) is 13.7. The van der Waals surface area contributed by atoms with Gasteiger partial charge in [-0.25, -0.2) is 0 Å². The number of cyclic esters (lactones) is 1. The molecule has 3 heteroatoms. The molecule has 1 aromatic carbocycles. The summed E-state index contributed by atoms with van der Waals surface area (Å²) in [5, 5.41) is 0. The number of hydrogen-bond donors (Lipinski definition) is 0. The molecule has 0 spiro atoms. The molecule has 1 aromatic rings. The monoisotopic (exact) mass is 292 g/mol. The molecule has 0 bridgehead atoms. The van der Waals surface area contributed by atoms with E-state index in [1.54, 1.807) is 7.11 Å². The molecule has 1 aliphatic heterocycles. The Balaban J connectivity index is 0.00000106. The fraction of sp³-hybridized carbons (Fsp3) is 0.611. The molecule has 1 saturated heterocycles. The maximum atomic E-state index is 11.4. The van der Waals surface area contributed by atoms with E-state index in [0.29, 0.717) is 0 Å². The Morgan fingerprint density at radius 2 is 1.81 bits per heavy atom. The van der Waals surface area contributed by atoms with Crippen LogP contribution >= 0.6 is 0 Å². The summed E-state index contributed by atoms with van der Waals surface area (Å²) in [6.07, 6.45) is 5.23. The van der Waals surface area contributed by atoms with E-state index in [1.165, 1.54) is 5.56 Å². The molecule has 0 amide bonds. The van der Waals surface area contributed by atoms with Crippen LogP contribution in [0.4, 0.5) is 0 Å². The fourth-order valence-electron chi connectivity index (χ4n) is 2.56. The normalized spacial score (nSPS) is 19.9. The predicted octanol–water partition coefficient (Wildman–Crippen LogP) is 4.39. The lowest BCUT2D eigenvalue weighted by Crippen LogP contribution is -2.44. The first-order valence-electron chi connectivity index (χ1n) is 8.08. The van der Waals surface area contributed by atoms with Gasteiger partial charge in [-0.15, -0.1) is 0 Å². The molecule has 1 fully saturated rings. The van der Waals surface area contributed by atoms with Crippen LogP contribution in [-0.4, -0.2) is 19.2 Å². The molecular weight excluding hydrogens is 264 g/mol. The van der Waals surface area contributed by atoms with E-state index in [9.17, 15) is 4.79 Å². The van der Waals surface area contributed by atoms with Crippen molar-refractivity contribution in [3.8, 4) is 5.75 Å². The highest BCUT2D eigenvalue weighted by Gasteiger charge is 2.40. The van der Waals surface area contributed by atoms with Crippen molar-refractivity contribution in [1.29, 1.82) is 0 Å². The first-order chi connectivity index (χ1) is 10.2. The van der Waals surface area contributed by atoms with Crippen LogP contribution in [0.1, 0.15) is 52.0 Å². The molecule has 0 N–H and O–H groups in total. The van der Waals surface area contributed by atoms with Gasteiger partial charge in [0, 0.05) is 0 Å². The van der Waals surface area contributed by atoms with Gasteiger partial charge in [-0.3, -0.25) is 4.79 Å². The minimum atomic E-state index is -0.00631. The minimum Gasteiger partial charge on any atom is -0.497 e. The van der Waals surface area contributed by atoms with E-state index in [0.717, 1.165) is 37.9 Å². The largest absolute Gasteiger partial charge is 0.497 e. The van der Waals surface area contributed by atoms with Crippen molar-refractivity contribution in [2.75, 3.05) is 7.11 Å². The lowest BCUT2D eigenvalue weighted by molar-refractivity contribution is -0.186. The number of carbonyl (C=O) groups is 1. The van der Waals surface area contributed by atoms with E-state index in [4.69, 9.17) is 9.47 Å². The van der Waals surface area contributed by atoms with Gasteiger partial charge in [-0.05, 0) is 43.4 Å². The molecule has 2 rings (SSSR count). The van der Waals surface area contributed by atoms with Crippen LogP contribution in [0.5, 0.6) is 5.75 Å². The van der Waals surface area contributed by atoms with Gasteiger partial charge in [0.25, 0.3) is 0 Å². The number of esters is 1. The van der Waals surface area contributed by atoms with Crippen LogP contribution in [0.15, 0.2) is 24.3 Å². The number of ether oxygens (including phenoxy) is 2. The van der Waals surface area contributed by atoms with Crippen molar-refractivity contribution in [1.82, 2.24) is 0 Å². The van der Waals surface area contributed by atoms with Crippen molar-refractivity contribution in [3.63, 3.8) is 0 Å². The molecule has 118 valence electrons. The summed E-state index contributed by atoms with van der Waals surface area (Å²) in [6.45, 7) is 6.13. The smallest absolute Gasteiger partial charge is 0.313 e. The highest BCUT2D eigenvalue weighted by atomic mass is 16.6. The van der Waals surface area contributed by atoms with Crippen molar-refractivity contribution in [2.24, 2.45) is 5.92 Å². The van der Waals surface area contributed by atoms with Gasteiger partial charge in [-0.2, -0.15) is 0 Å². The number of carbonyl (C=O) groups excluding carboxylic acids is 1. The number of hydrogen-bond acceptors (Lipinski definition) is 3. The summed E-state index contributed by atoms with van der Waals surface area (Å²) in [7, 11) is 1.67. The second-order valence-corrected chi connectivity index (χ2v) is 5.11. The molecule has 3 nitrogen and oxygen atoms in total. The Bertz CT molecular complexity index is 411. The Kier molecular flexibility index (Phi) is 7.88. The van der Waals surface area contributed by atoms with Crippen LogP contribution < -0.4 is 4.74 Å². The third kappa shape index (κ3) is 5.07. The van der Waals surface area contributed by atoms with Gasteiger partial charge in [-0.1, -0.05) is 39.3 Å². The Hall–Kier alpha value is -1.51. The summed E-state index contributed by atoms with van der Waals surface area (Å²) < 4.78 is 10.3. The molecule has 1 aliphatic rings. The lowest BCUT2D eigenvalue weighted by atomic mass is 9.88. The number of methoxy groups -OCH3 is 1. The highest BCUT2D eigenvalue weighted by molar-refractivity contribution is 5.78. The second kappa shape index (κ2) is 9.43. The molecule has 21 heavy (non-hydrogen) atoms. The average molecular weight is 292 g/mol. The van der Waals surface area contributed by atoms with Gasteiger partial charge in [0.2, 0.25) is 0 Å². The van der Waals surface area contributed by atoms with E-state index < -0.39 is 0 Å². The zero-order chi connectivity index (χ0) is 15.7. The molecule has 0 aliphatic carbocycles. The number of rotatable bonds is 7. The quantitative estimate of drug-likeness (QED) is 0.699. The van der Waals surface area contributed by atoms with Crippen LogP contribution in [-0.2, 0) is 16.0 Å². The molecule has 1 heterocycles. The van der Waals surface area contributed by atoms with E-state index in [-0.39, 0.29) is 18.0 Å². The molecule has 0 aromatic heterocycles. The number of aryl methyl sites for hydroxylation is 1. The molecule has 2 unspecified atom stereocenters. The van der Waals surface area contributed by atoms with E-state index in [2.05, 4.69) is 19.1 Å². The summed E-state index contributed by atoms with van der Waals surface area (Å²) in [5.74, 6) is 1.01. The average Bonchev–Trinajstić information content (AvgIpc) is 2.54. The van der Waals surface area contributed by atoms with E-state index in [1.807, 2.05) is 26.0 Å². The predicted molar refractivity (Wildman–Crippen MR) is 85.6 cm³/mol. The van der Waals surface area contributed by atoms with Gasteiger partial charge >= 0.3 is 5.97 Å². The summed E-state index contributed by atoms with van der Waals surface area (Å²) >= 11 is 0. The first-order valence-corrected chi connectivity index (χ1v) is 8.08. The third-order valence-electron chi connectivity index (χ3n) is 3.73. The van der Waals surface area contributed by atoms with Gasteiger partial charge in [0.05, 0.1) is 13.0 Å². The molecule has 2 atom stereocenters. The second-order valence-electron chi connectivity index (χ2n) is 5.11. The molecular formula is C18H28O3. The topological polar surface area (TPSA) is 35.5 Å². The number of benzene rings is 1. The Morgan fingerprint density at radius 1 is 1.14 bits per heavy atom. The SMILES string of the molecule is CC.CCCC1OC(=O)C1CCCc1ccc(OC)cc1. The fourth-order valence-corrected chi connectivity index (χ4v) is 2.56. The van der Waals surface area contributed by atoms with Crippen molar-refractivity contribution < 1.29 is 14.3 Å². The van der Waals surface area contributed by atoms with Crippen molar-refractivity contribution in [2.45, 2.75) is 59.0 Å². The van der Waals surface area contributed by atoms with Crippen molar-refractivity contribution in [3.05, 3.63) is 29.8 Å². The lowest BCUT2D eigenvalue weighted by Gasteiger charge is -2.35. The maximum Gasteiger partial charge on any atom is 0.313 e. The van der Waals surface area contributed by atoms with E-state index >= 15 is 0 Å². The van der Waals surface area contributed by atoms with Crippen molar-refractivity contribution >= 4 is 5.97 Å². The maximum absolute atomic E-state index is 11.4. The Labute approximate surface area is 128 Å². The minimum absolute atomic E-state index is 0.00631. The first kappa shape index (κ1) is 17.5. The zero-order valence-corrected chi connectivity index (χ0v) is 13.7. The summed E-state index contributed by atoms with van der Waals surface area (Å²) in [5.41, 5.74) is 1.29. The molecule has 0 saturated carbocycles. The highest BCUT2D eigenvalue weighted by Crippen LogP contribution is 2.30.